The van der Waals surface area contributed by atoms with Gasteiger partial charge >= 0.3 is 0 Å². The first-order valence-electron chi connectivity index (χ1n) is 8.70. The highest BCUT2D eigenvalue weighted by Crippen LogP contribution is 2.33. The third kappa shape index (κ3) is 3.67. The smallest absolute Gasteiger partial charge is 0.0495 e. The van der Waals surface area contributed by atoms with Crippen LogP contribution in [0.1, 0.15) is 16.7 Å². The lowest BCUT2D eigenvalue weighted by Crippen LogP contribution is -1.97. The number of thioether (sulfide) groups is 1. The first-order valence-corrected chi connectivity index (χ1v) is 10.1. The number of aromatic nitrogens is 1. The molecule has 0 fully saturated rings. The molecule has 0 saturated heterocycles. The van der Waals surface area contributed by atoms with Gasteiger partial charge in [-0.3, -0.25) is 0 Å². The Hall–Kier alpha value is -2.16. The molecule has 130 valence electrons. The molecular formula is C23H20ClNS. The molecule has 0 amide bonds. The van der Waals surface area contributed by atoms with Gasteiger partial charge in [0.2, 0.25) is 0 Å². The molecule has 0 aliphatic heterocycles. The molecule has 26 heavy (non-hydrogen) atoms. The second kappa shape index (κ2) is 7.61. The van der Waals surface area contributed by atoms with E-state index in [4.69, 9.17) is 11.6 Å². The van der Waals surface area contributed by atoms with Gasteiger partial charge in [0.1, 0.15) is 0 Å². The molecule has 3 aromatic carbocycles. The van der Waals surface area contributed by atoms with E-state index >= 15 is 0 Å². The maximum absolute atomic E-state index is 6.32. The van der Waals surface area contributed by atoms with Crippen LogP contribution < -0.4 is 0 Å². The van der Waals surface area contributed by atoms with E-state index in [2.05, 4.69) is 72.3 Å². The van der Waals surface area contributed by atoms with Crippen LogP contribution in [-0.2, 0) is 12.3 Å². The van der Waals surface area contributed by atoms with E-state index in [9.17, 15) is 0 Å². The summed E-state index contributed by atoms with van der Waals surface area (Å²) in [6.07, 6.45) is 2.27. The highest BCUT2D eigenvalue weighted by Gasteiger charge is 2.10. The number of hydrogen-bond donors (Lipinski definition) is 0. The molecule has 0 unspecified atom stereocenters. The second-order valence-corrected chi connectivity index (χ2v) is 7.93. The second-order valence-electron chi connectivity index (χ2n) is 6.51. The molecule has 1 heterocycles. The first kappa shape index (κ1) is 17.3. The summed E-state index contributed by atoms with van der Waals surface area (Å²) in [5, 5.41) is 2.14. The zero-order valence-electron chi connectivity index (χ0n) is 14.7. The Morgan fingerprint density at radius 2 is 1.73 bits per heavy atom. The Morgan fingerprint density at radius 1 is 0.923 bits per heavy atom. The summed E-state index contributed by atoms with van der Waals surface area (Å²) in [4.78, 5) is 1.30. The van der Waals surface area contributed by atoms with Crippen molar-refractivity contribution in [1.29, 1.82) is 0 Å². The standard InChI is InChI=1S/C23H20ClNS/c1-17-7-6-8-18(13-17)14-25-15-23(20-10-3-5-12-22(20)25)26-16-19-9-2-4-11-21(19)24/h2-13,15H,14,16H2,1H3. The van der Waals surface area contributed by atoms with Crippen molar-refractivity contribution in [2.24, 2.45) is 0 Å². The lowest BCUT2D eigenvalue weighted by atomic mass is 10.1. The first-order chi connectivity index (χ1) is 12.7. The minimum atomic E-state index is 0.837. The van der Waals surface area contributed by atoms with Crippen molar-refractivity contribution < 1.29 is 0 Å². The zero-order valence-corrected chi connectivity index (χ0v) is 16.2. The van der Waals surface area contributed by atoms with E-state index in [0.29, 0.717) is 0 Å². The fraction of sp³-hybridized carbons (Fsp3) is 0.130. The molecule has 4 aromatic rings. The van der Waals surface area contributed by atoms with E-state index in [0.717, 1.165) is 17.3 Å². The normalized spacial score (nSPS) is 11.2. The number of halogens is 1. The minimum Gasteiger partial charge on any atom is -0.342 e. The number of benzene rings is 3. The van der Waals surface area contributed by atoms with Crippen molar-refractivity contribution in [3.8, 4) is 0 Å². The van der Waals surface area contributed by atoms with Crippen LogP contribution in [0, 0.1) is 6.92 Å². The van der Waals surface area contributed by atoms with Crippen molar-refractivity contribution in [2.75, 3.05) is 0 Å². The van der Waals surface area contributed by atoms with Gasteiger partial charge in [-0.1, -0.05) is 77.8 Å². The fourth-order valence-electron chi connectivity index (χ4n) is 3.24. The highest BCUT2D eigenvalue weighted by atomic mass is 35.5. The maximum atomic E-state index is 6.32. The van der Waals surface area contributed by atoms with Crippen molar-refractivity contribution in [3.63, 3.8) is 0 Å². The Balaban J connectivity index is 1.64. The molecule has 0 bridgehead atoms. The maximum Gasteiger partial charge on any atom is 0.0495 e. The van der Waals surface area contributed by atoms with E-state index in [-0.39, 0.29) is 0 Å². The van der Waals surface area contributed by atoms with Gasteiger partial charge in [-0.2, -0.15) is 0 Å². The van der Waals surface area contributed by atoms with Crippen LogP contribution in [0.5, 0.6) is 0 Å². The SMILES string of the molecule is Cc1cccc(Cn2cc(SCc3ccccc3Cl)c3ccccc32)c1. The number of rotatable bonds is 5. The van der Waals surface area contributed by atoms with Crippen molar-refractivity contribution in [1.82, 2.24) is 4.57 Å². The molecule has 0 spiro atoms. The Bertz CT molecular complexity index is 1050. The molecule has 3 heteroatoms. The van der Waals surface area contributed by atoms with Crippen LogP contribution in [0.15, 0.2) is 83.9 Å². The largest absolute Gasteiger partial charge is 0.342 e. The number of aryl methyl sites for hydroxylation is 1. The van der Waals surface area contributed by atoms with Crippen molar-refractivity contribution >= 4 is 34.3 Å². The van der Waals surface area contributed by atoms with E-state index < -0.39 is 0 Å². The highest BCUT2D eigenvalue weighted by molar-refractivity contribution is 7.98. The topological polar surface area (TPSA) is 4.93 Å². The molecule has 1 aromatic heterocycles. The number of nitrogens with zero attached hydrogens (tertiary/aromatic N) is 1. The summed E-state index contributed by atoms with van der Waals surface area (Å²) >= 11 is 8.16. The van der Waals surface area contributed by atoms with Crippen LogP contribution in [0.25, 0.3) is 10.9 Å². The molecule has 0 atom stereocenters. The Kier molecular flexibility index (Phi) is 5.05. The van der Waals surface area contributed by atoms with Gasteiger partial charge in [-0.05, 0) is 30.2 Å². The van der Waals surface area contributed by atoms with Crippen LogP contribution >= 0.6 is 23.4 Å². The van der Waals surface area contributed by atoms with Gasteiger partial charge in [0.25, 0.3) is 0 Å². The molecule has 0 saturated carbocycles. The summed E-state index contributed by atoms with van der Waals surface area (Å²) in [6.45, 7) is 3.02. The molecule has 0 aliphatic carbocycles. The van der Waals surface area contributed by atoms with Crippen LogP contribution in [-0.4, -0.2) is 4.57 Å². The summed E-state index contributed by atoms with van der Waals surface area (Å²) in [7, 11) is 0. The van der Waals surface area contributed by atoms with E-state index in [1.807, 2.05) is 30.0 Å². The predicted molar refractivity (Wildman–Crippen MR) is 113 cm³/mol. The molecular weight excluding hydrogens is 358 g/mol. The zero-order chi connectivity index (χ0) is 17.9. The van der Waals surface area contributed by atoms with Crippen molar-refractivity contribution in [3.05, 3.63) is 101 Å². The molecule has 0 N–H and O–H groups in total. The average molecular weight is 378 g/mol. The Morgan fingerprint density at radius 3 is 2.58 bits per heavy atom. The van der Waals surface area contributed by atoms with Crippen LogP contribution in [0.4, 0.5) is 0 Å². The summed E-state index contributed by atoms with van der Waals surface area (Å²) in [6, 6.07) is 25.4. The third-order valence-electron chi connectivity index (χ3n) is 4.53. The molecule has 4 rings (SSSR count). The van der Waals surface area contributed by atoms with E-state index in [1.165, 1.54) is 32.5 Å². The Labute approximate surface area is 163 Å². The lowest BCUT2D eigenvalue weighted by molar-refractivity contribution is 0.829. The number of fused-ring (bicyclic) bond motifs is 1. The van der Waals surface area contributed by atoms with Crippen molar-refractivity contribution in [2.45, 2.75) is 24.1 Å². The molecule has 0 radical (unpaired) electrons. The summed E-state index contributed by atoms with van der Waals surface area (Å²) in [5.41, 5.74) is 5.08. The monoisotopic (exact) mass is 377 g/mol. The third-order valence-corrected chi connectivity index (χ3v) is 5.99. The van der Waals surface area contributed by atoms with Gasteiger partial charge in [-0.25, -0.2) is 0 Å². The van der Waals surface area contributed by atoms with Gasteiger partial charge in [0.15, 0.2) is 0 Å². The lowest BCUT2D eigenvalue weighted by Gasteiger charge is -2.06. The molecule has 1 nitrogen and oxygen atoms in total. The van der Waals surface area contributed by atoms with Crippen LogP contribution in [0.3, 0.4) is 0 Å². The number of hydrogen-bond acceptors (Lipinski definition) is 1. The minimum absolute atomic E-state index is 0.837. The van der Waals surface area contributed by atoms with Gasteiger partial charge in [0, 0.05) is 39.3 Å². The van der Waals surface area contributed by atoms with Gasteiger partial charge in [0.05, 0.1) is 0 Å². The van der Waals surface area contributed by atoms with Crippen LogP contribution in [0.2, 0.25) is 5.02 Å². The quantitative estimate of drug-likeness (QED) is 0.341. The number of para-hydroxylation sites is 1. The van der Waals surface area contributed by atoms with Gasteiger partial charge in [-0.15, -0.1) is 11.8 Å². The van der Waals surface area contributed by atoms with E-state index in [1.54, 1.807) is 0 Å². The fourth-order valence-corrected chi connectivity index (χ4v) is 4.61. The molecule has 0 aliphatic rings. The predicted octanol–water partition coefficient (Wildman–Crippen LogP) is 6.94. The average Bonchev–Trinajstić information content (AvgIpc) is 2.99. The van der Waals surface area contributed by atoms with Gasteiger partial charge < -0.3 is 4.57 Å². The summed E-state index contributed by atoms with van der Waals surface area (Å²) < 4.78 is 2.35. The summed E-state index contributed by atoms with van der Waals surface area (Å²) in [5.74, 6) is 0.873.